The van der Waals surface area contributed by atoms with E-state index in [9.17, 15) is 13.2 Å². The van der Waals surface area contributed by atoms with Crippen LogP contribution in [0.15, 0.2) is 18.2 Å². The lowest BCUT2D eigenvalue weighted by atomic mass is 10.1. The summed E-state index contributed by atoms with van der Waals surface area (Å²) in [5.41, 5.74) is 2.72. The second-order valence-electron chi connectivity index (χ2n) is 6.97. The molecule has 0 aliphatic carbocycles. The lowest BCUT2D eigenvalue weighted by molar-refractivity contribution is -0.132. The van der Waals surface area contributed by atoms with Crippen LogP contribution in [-0.4, -0.2) is 70.2 Å². The average Bonchev–Trinajstić information content (AvgIpc) is 2.49. The Kier molecular flexibility index (Phi) is 6.46. The maximum Gasteiger partial charge on any atom is 0.232 e. The molecule has 0 N–H and O–H groups in total. The predicted octanol–water partition coefficient (Wildman–Crippen LogP) is 1.62. The first-order valence-electron chi connectivity index (χ1n) is 8.69. The lowest BCUT2D eigenvalue weighted by Gasteiger charge is -2.32. The molecule has 0 saturated carbocycles. The number of aryl methyl sites for hydroxylation is 2. The van der Waals surface area contributed by atoms with Gasteiger partial charge < -0.3 is 9.80 Å². The Morgan fingerprint density at radius 1 is 1.08 bits per heavy atom. The molecule has 7 heteroatoms. The number of nitrogens with zero attached hydrogens (tertiary/aromatic N) is 3. The van der Waals surface area contributed by atoms with Gasteiger partial charge in [-0.3, -0.25) is 9.10 Å². The Morgan fingerprint density at radius 3 is 2.16 bits per heavy atom. The van der Waals surface area contributed by atoms with Crippen molar-refractivity contribution < 1.29 is 13.2 Å². The van der Waals surface area contributed by atoms with Crippen LogP contribution in [0.3, 0.4) is 0 Å². The second-order valence-corrected chi connectivity index (χ2v) is 8.88. The van der Waals surface area contributed by atoms with Crippen molar-refractivity contribution in [3.63, 3.8) is 0 Å². The van der Waals surface area contributed by atoms with Crippen molar-refractivity contribution in [2.75, 3.05) is 50.3 Å². The summed E-state index contributed by atoms with van der Waals surface area (Å²) in [5.74, 6) is 0.113. The third-order valence-corrected chi connectivity index (χ3v) is 5.70. The highest BCUT2D eigenvalue weighted by molar-refractivity contribution is 7.92. The van der Waals surface area contributed by atoms with E-state index in [1.54, 1.807) is 0 Å². The summed E-state index contributed by atoms with van der Waals surface area (Å²) < 4.78 is 25.8. The molecule has 1 aliphatic rings. The zero-order valence-electron chi connectivity index (χ0n) is 15.7. The second kappa shape index (κ2) is 8.19. The molecule has 0 radical (unpaired) electrons. The van der Waals surface area contributed by atoms with E-state index < -0.39 is 10.0 Å². The van der Waals surface area contributed by atoms with Crippen molar-refractivity contribution in [1.29, 1.82) is 0 Å². The molecule has 0 unspecified atom stereocenters. The van der Waals surface area contributed by atoms with Crippen LogP contribution in [0.25, 0.3) is 0 Å². The minimum Gasteiger partial charge on any atom is -0.340 e. The minimum atomic E-state index is -3.38. The first kappa shape index (κ1) is 19.7. The summed E-state index contributed by atoms with van der Waals surface area (Å²) >= 11 is 0. The van der Waals surface area contributed by atoms with Crippen LogP contribution in [0.2, 0.25) is 0 Å². The van der Waals surface area contributed by atoms with E-state index in [1.165, 1.54) is 10.6 Å². The van der Waals surface area contributed by atoms with E-state index in [4.69, 9.17) is 0 Å². The standard InChI is InChI=1S/C18H29N3O3S/c1-15-12-16(2)14-17(13-15)21(25(4,23)24)7-5-6-18(22)20-10-8-19(3)9-11-20/h12-14H,5-11H2,1-4H3. The van der Waals surface area contributed by atoms with Gasteiger partial charge in [0, 0.05) is 39.1 Å². The number of rotatable bonds is 6. The first-order chi connectivity index (χ1) is 11.7. The SMILES string of the molecule is Cc1cc(C)cc(N(CCCC(=O)N2CCN(C)CC2)S(C)(=O)=O)c1. The van der Waals surface area contributed by atoms with E-state index in [2.05, 4.69) is 11.9 Å². The summed E-state index contributed by atoms with van der Waals surface area (Å²) in [6.07, 6.45) is 2.11. The van der Waals surface area contributed by atoms with E-state index in [1.807, 2.05) is 36.9 Å². The molecular formula is C18H29N3O3S. The number of anilines is 1. The molecule has 1 aromatic rings. The van der Waals surface area contributed by atoms with Gasteiger partial charge in [0.2, 0.25) is 15.9 Å². The molecule has 1 aromatic carbocycles. The van der Waals surface area contributed by atoms with Gasteiger partial charge in [-0.25, -0.2) is 8.42 Å². The molecule has 25 heavy (non-hydrogen) atoms. The molecule has 1 aliphatic heterocycles. The van der Waals surface area contributed by atoms with Crippen LogP contribution in [0.4, 0.5) is 5.69 Å². The molecule has 1 heterocycles. The fourth-order valence-corrected chi connectivity index (χ4v) is 4.12. The van der Waals surface area contributed by atoms with Crippen LogP contribution >= 0.6 is 0 Å². The van der Waals surface area contributed by atoms with E-state index in [-0.39, 0.29) is 5.91 Å². The monoisotopic (exact) mass is 367 g/mol. The number of carbonyl (C=O) groups is 1. The first-order valence-corrected chi connectivity index (χ1v) is 10.5. The number of carbonyl (C=O) groups excluding carboxylic acids is 1. The van der Waals surface area contributed by atoms with Crippen molar-refractivity contribution in [1.82, 2.24) is 9.80 Å². The maximum atomic E-state index is 12.3. The Hall–Kier alpha value is -1.60. The molecule has 1 fully saturated rings. The smallest absolute Gasteiger partial charge is 0.232 e. The molecule has 2 rings (SSSR count). The molecular weight excluding hydrogens is 338 g/mol. The Bertz CT molecular complexity index is 690. The molecule has 1 saturated heterocycles. The van der Waals surface area contributed by atoms with Gasteiger partial charge in [0.1, 0.15) is 0 Å². The third kappa shape index (κ3) is 5.71. The average molecular weight is 368 g/mol. The molecule has 6 nitrogen and oxygen atoms in total. The maximum absolute atomic E-state index is 12.3. The van der Waals surface area contributed by atoms with Gasteiger partial charge in [-0.2, -0.15) is 0 Å². The number of sulfonamides is 1. The quantitative estimate of drug-likeness (QED) is 0.767. The van der Waals surface area contributed by atoms with Gasteiger partial charge >= 0.3 is 0 Å². The topological polar surface area (TPSA) is 60.9 Å². The molecule has 0 atom stereocenters. The van der Waals surface area contributed by atoms with Crippen LogP contribution < -0.4 is 4.31 Å². The van der Waals surface area contributed by atoms with Gasteiger partial charge in [0.25, 0.3) is 0 Å². The number of hydrogen-bond donors (Lipinski definition) is 0. The number of piperazine rings is 1. The van der Waals surface area contributed by atoms with Crippen molar-refractivity contribution in [3.8, 4) is 0 Å². The summed E-state index contributed by atoms with van der Waals surface area (Å²) in [6, 6.07) is 5.76. The van der Waals surface area contributed by atoms with Gasteiger partial charge in [0.15, 0.2) is 0 Å². The van der Waals surface area contributed by atoms with Crippen LogP contribution in [-0.2, 0) is 14.8 Å². The van der Waals surface area contributed by atoms with E-state index in [0.29, 0.717) is 25.1 Å². The van der Waals surface area contributed by atoms with Gasteiger partial charge in [-0.15, -0.1) is 0 Å². The molecule has 140 valence electrons. The van der Waals surface area contributed by atoms with Gasteiger partial charge in [0.05, 0.1) is 11.9 Å². The molecule has 0 bridgehead atoms. The highest BCUT2D eigenvalue weighted by Gasteiger charge is 2.21. The predicted molar refractivity (Wildman–Crippen MR) is 101 cm³/mol. The van der Waals surface area contributed by atoms with Crippen molar-refractivity contribution >= 4 is 21.6 Å². The van der Waals surface area contributed by atoms with Crippen molar-refractivity contribution in [2.24, 2.45) is 0 Å². The zero-order valence-corrected chi connectivity index (χ0v) is 16.5. The molecule has 0 spiro atoms. The Labute approximate surface area is 151 Å². The lowest BCUT2D eigenvalue weighted by Crippen LogP contribution is -2.47. The minimum absolute atomic E-state index is 0.113. The number of hydrogen-bond acceptors (Lipinski definition) is 4. The van der Waals surface area contributed by atoms with E-state index in [0.717, 1.165) is 37.3 Å². The van der Waals surface area contributed by atoms with Gasteiger partial charge in [-0.05, 0) is 50.6 Å². The summed E-state index contributed by atoms with van der Waals surface area (Å²) in [6.45, 7) is 7.51. The fraction of sp³-hybridized carbons (Fsp3) is 0.611. The van der Waals surface area contributed by atoms with Crippen molar-refractivity contribution in [3.05, 3.63) is 29.3 Å². The number of benzene rings is 1. The van der Waals surface area contributed by atoms with Crippen LogP contribution in [0.5, 0.6) is 0 Å². The molecule has 1 amide bonds. The Morgan fingerprint density at radius 2 is 1.64 bits per heavy atom. The summed E-state index contributed by atoms with van der Waals surface area (Å²) in [5, 5.41) is 0. The van der Waals surface area contributed by atoms with Crippen LogP contribution in [0, 0.1) is 13.8 Å². The van der Waals surface area contributed by atoms with E-state index >= 15 is 0 Å². The zero-order chi connectivity index (χ0) is 18.6. The van der Waals surface area contributed by atoms with Crippen LogP contribution in [0.1, 0.15) is 24.0 Å². The highest BCUT2D eigenvalue weighted by Crippen LogP contribution is 2.22. The number of likely N-dealkylation sites (N-methyl/N-ethyl adjacent to an activating group) is 1. The Balaban J connectivity index is 1.98. The third-order valence-electron chi connectivity index (χ3n) is 4.50. The van der Waals surface area contributed by atoms with Gasteiger partial charge in [-0.1, -0.05) is 6.07 Å². The summed E-state index contributed by atoms with van der Waals surface area (Å²) in [7, 11) is -1.33. The molecule has 0 aromatic heterocycles. The normalized spacial score (nSPS) is 16.1. The largest absolute Gasteiger partial charge is 0.340 e. The fourth-order valence-electron chi connectivity index (χ4n) is 3.17. The summed E-state index contributed by atoms with van der Waals surface area (Å²) in [4.78, 5) is 16.4. The number of amides is 1. The van der Waals surface area contributed by atoms with Crippen molar-refractivity contribution in [2.45, 2.75) is 26.7 Å². The highest BCUT2D eigenvalue weighted by atomic mass is 32.2.